The van der Waals surface area contributed by atoms with Gasteiger partial charge in [0.25, 0.3) is 5.91 Å². The van der Waals surface area contributed by atoms with Crippen molar-refractivity contribution in [3.05, 3.63) is 53.0 Å². The topological polar surface area (TPSA) is 116 Å². The first-order valence-electron chi connectivity index (χ1n) is 9.68. The number of anilines is 1. The second kappa shape index (κ2) is 7.66. The van der Waals surface area contributed by atoms with Crippen molar-refractivity contribution in [3.8, 4) is 11.4 Å². The van der Waals surface area contributed by atoms with Crippen molar-refractivity contribution < 1.29 is 18.8 Å². The van der Waals surface area contributed by atoms with Crippen molar-refractivity contribution in [2.45, 2.75) is 32.7 Å². The minimum Gasteiger partial charge on any atom is -0.497 e. The molecule has 0 spiro atoms. The molecule has 1 atom stereocenters. The number of carbonyl (C=O) groups is 2. The smallest absolute Gasteiger partial charge is 0.259 e. The summed E-state index contributed by atoms with van der Waals surface area (Å²) in [6, 6.07) is 6.60. The van der Waals surface area contributed by atoms with Crippen LogP contribution in [0.3, 0.4) is 0 Å². The van der Waals surface area contributed by atoms with Crippen LogP contribution in [0.1, 0.15) is 45.0 Å². The zero-order valence-corrected chi connectivity index (χ0v) is 17.1. The van der Waals surface area contributed by atoms with Gasteiger partial charge in [-0.05, 0) is 51.0 Å². The quantitative estimate of drug-likeness (QED) is 0.644. The number of likely N-dealkylation sites (tertiary alicyclic amines) is 1. The molecule has 0 radical (unpaired) electrons. The molecule has 156 valence electrons. The number of hydrogen-bond donors (Lipinski definition) is 1. The number of ether oxygens (including phenoxy) is 1. The zero-order valence-electron chi connectivity index (χ0n) is 17.1. The van der Waals surface area contributed by atoms with E-state index in [4.69, 9.17) is 15.0 Å². The molecule has 0 aliphatic carbocycles. The second-order valence-corrected chi connectivity index (χ2v) is 7.27. The largest absolute Gasteiger partial charge is 0.497 e. The van der Waals surface area contributed by atoms with Gasteiger partial charge in [-0.2, -0.15) is 5.10 Å². The Labute approximate surface area is 173 Å². The number of amides is 1. The fourth-order valence-electron chi connectivity index (χ4n) is 3.87. The molecule has 0 saturated carbocycles. The number of nitrogens with zero attached hydrogens (tertiary/aromatic N) is 4. The number of hydrogen-bond acceptors (Lipinski definition) is 7. The van der Waals surface area contributed by atoms with Crippen LogP contribution in [-0.4, -0.2) is 51.2 Å². The molecule has 4 rings (SSSR count). The van der Waals surface area contributed by atoms with Gasteiger partial charge in [-0.1, -0.05) is 5.16 Å². The van der Waals surface area contributed by atoms with Crippen LogP contribution in [0.5, 0.6) is 5.75 Å². The monoisotopic (exact) mass is 409 g/mol. The Balaban J connectivity index is 1.61. The number of aryl methyl sites for hydroxylation is 2. The van der Waals surface area contributed by atoms with Crippen molar-refractivity contribution in [2.75, 3.05) is 19.4 Å². The van der Waals surface area contributed by atoms with Crippen LogP contribution >= 0.6 is 0 Å². The zero-order chi connectivity index (χ0) is 21.4. The normalized spacial score (nSPS) is 16.1. The number of ketones is 1. The third kappa shape index (κ3) is 3.22. The van der Waals surface area contributed by atoms with Crippen LogP contribution in [0.25, 0.3) is 5.69 Å². The summed E-state index contributed by atoms with van der Waals surface area (Å²) >= 11 is 0. The summed E-state index contributed by atoms with van der Waals surface area (Å²) in [4.78, 5) is 27.9. The predicted octanol–water partition coefficient (Wildman–Crippen LogP) is 2.56. The molecule has 1 aliphatic rings. The molecule has 3 aromatic rings. The van der Waals surface area contributed by atoms with Crippen molar-refractivity contribution in [3.63, 3.8) is 0 Å². The third-order valence-corrected chi connectivity index (χ3v) is 5.45. The van der Waals surface area contributed by atoms with E-state index in [2.05, 4.69) is 10.3 Å². The Hall–Kier alpha value is -3.62. The molecule has 9 heteroatoms. The lowest BCUT2D eigenvalue weighted by molar-refractivity contribution is 0.0670. The van der Waals surface area contributed by atoms with E-state index in [9.17, 15) is 9.59 Å². The standard InChI is InChI=1S/C21H23N5O4/c1-12-18(13(2)30-24-12)21(28)25-10-4-5-17(25)19(27)16-11-23-26(20(16)22)14-6-8-15(29-3)9-7-14/h6-9,11,17H,4-5,10,22H2,1-3H3/t17-/m1/s1. The van der Waals surface area contributed by atoms with Gasteiger partial charge in [-0.3, -0.25) is 9.59 Å². The lowest BCUT2D eigenvalue weighted by Gasteiger charge is -2.23. The summed E-state index contributed by atoms with van der Waals surface area (Å²) in [6.45, 7) is 3.90. The van der Waals surface area contributed by atoms with Crippen LogP contribution in [0.15, 0.2) is 35.0 Å². The van der Waals surface area contributed by atoms with E-state index in [1.54, 1.807) is 50.1 Å². The van der Waals surface area contributed by atoms with Crippen molar-refractivity contribution in [1.82, 2.24) is 19.8 Å². The van der Waals surface area contributed by atoms with Gasteiger partial charge in [0, 0.05) is 6.54 Å². The molecule has 1 amide bonds. The van der Waals surface area contributed by atoms with Gasteiger partial charge in [0.2, 0.25) is 0 Å². The Bertz CT molecular complexity index is 1080. The molecule has 2 aromatic heterocycles. The van der Waals surface area contributed by atoms with Gasteiger partial charge < -0.3 is 19.9 Å². The molecule has 30 heavy (non-hydrogen) atoms. The summed E-state index contributed by atoms with van der Waals surface area (Å²) in [5, 5.41) is 8.13. The Kier molecular flexibility index (Phi) is 5.03. The summed E-state index contributed by atoms with van der Waals surface area (Å²) in [6.07, 6.45) is 2.76. The number of benzene rings is 1. The maximum atomic E-state index is 13.3. The van der Waals surface area contributed by atoms with E-state index in [-0.39, 0.29) is 17.5 Å². The molecule has 1 aliphatic heterocycles. The molecule has 3 heterocycles. The minimum atomic E-state index is -0.595. The molecular formula is C21H23N5O4. The lowest BCUT2D eigenvalue weighted by atomic mass is 10.0. The SMILES string of the molecule is COc1ccc(-n2ncc(C(=O)[C@H]3CCCN3C(=O)c3c(C)noc3C)c2N)cc1. The second-order valence-electron chi connectivity index (χ2n) is 7.27. The van der Waals surface area contributed by atoms with Gasteiger partial charge in [0.15, 0.2) is 5.78 Å². The van der Waals surface area contributed by atoms with Gasteiger partial charge in [-0.15, -0.1) is 0 Å². The summed E-state index contributed by atoms with van der Waals surface area (Å²) in [7, 11) is 1.59. The van der Waals surface area contributed by atoms with Crippen molar-refractivity contribution >= 4 is 17.5 Å². The van der Waals surface area contributed by atoms with Crippen LogP contribution in [-0.2, 0) is 0 Å². The first kappa shape index (κ1) is 19.7. The van der Waals surface area contributed by atoms with Crippen LogP contribution in [0.2, 0.25) is 0 Å². The first-order chi connectivity index (χ1) is 14.4. The van der Waals surface area contributed by atoms with E-state index in [0.29, 0.717) is 47.0 Å². The average Bonchev–Trinajstić information content (AvgIpc) is 3.46. The van der Waals surface area contributed by atoms with Gasteiger partial charge in [-0.25, -0.2) is 4.68 Å². The Morgan fingerprint density at radius 2 is 1.97 bits per heavy atom. The summed E-state index contributed by atoms with van der Waals surface area (Å²) in [5.41, 5.74) is 8.20. The number of nitrogen functional groups attached to an aromatic ring is 1. The van der Waals surface area contributed by atoms with E-state index in [0.717, 1.165) is 6.42 Å². The highest BCUT2D eigenvalue weighted by Gasteiger charge is 2.38. The van der Waals surface area contributed by atoms with E-state index >= 15 is 0 Å². The number of Topliss-reactive ketones (excluding diaryl/α,β-unsaturated/α-hetero) is 1. The van der Waals surface area contributed by atoms with Gasteiger partial charge >= 0.3 is 0 Å². The predicted molar refractivity (Wildman–Crippen MR) is 109 cm³/mol. The van der Waals surface area contributed by atoms with Crippen LogP contribution < -0.4 is 10.5 Å². The number of nitrogens with two attached hydrogens (primary N) is 1. The fourth-order valence-corrected chi connectivity index (χ4v) is 3.87. The van der Waals surface area contributed by atoms with E-state index in [1.807, 2.05) is 0 Å². The molecule has 2 N–H and O–H groups in total. The molecule has 0 bridgehead atoms. The maximum absolute atomic E-state index is 13.3. The molecule has 1 fully saturated rings. The van der Waals surface area contributed by atoms with E-state index in [1.165, 1.54) is 10.9 Å². The van der Waals surface area contributed by atoms with Crippen LogP contribution in [0.4, 0.5) is 5.82 Å². The maximum Gasteiger partial charge on any atom is 0.259 e. The van der Waals surface area contributed by atoms with Crippen LogP contribution in [0, 0.1) is 13.8 Å². The van der Waals surface area contributed by atoms with Gasteiger partial charge in [0.1, 0.15) is 22.9 Å². The number of aromatic nitrogens is 3. The molecule has 9 nitrogen and oxygen atoms in total. The lowest BCUT2D eigenvalue weighted by Crippen LogP contribution is -2.41. The molecular weight excluding hydrogens is 386 g/mol. The molecule has 0 unspecified atom stereocenters. The van der Waals surface area contributed by atoms with Gasteiger partial charge in [0.05, 0.1) is 36.3 Å². The summed E-state index contributed by atoms with van der Waals surface area (Å²) < 4.78 is 11.8. The fraction of sp³-hybridized carbons (Fsp3) is 0.333. The number of carbonyl (C=O) groups excluding carboxylic acids is 2. The third-order valence-electron chi connectivity index (χ3n) is 5.45. The minimum absolute atomic E-state index is 0.218. The Morgan fingerprint density at radius 1 is 1.23 bits per heavy atom. The van der Waals surface area contributed by atoms with E-state index < -0.39 is 6.04 Å². The molecule has 1 saturated heterocycles. The highest BCUT2D eigenvalue weighted by molar-refractivity contribution is 6.07. The highest BCUT2D eigenvalue weighted by Crippen LogP contribution is 2.28. The number of rotatable bonds is 5. The highest BCUT2D eigenvalue weighted by atomic mass is 16.5. The Morgan fingerprint density at radius 3 is 2.60 bits per heavy atom. The van der Waals surface area contributed by atoms with Crippen molar-refractivity contribution in [1.29, 1.82) is 0 Å². The summed E-state index contributed by atoms with van der Waals surface area (Å²) in [5.74, 6) is 0.928. The average molecular weight is 409 g/mol. The molecule has 1 aromatic carbocycles. The first-order valence-corrected chi connectivity index (χ1v) is 9.68. The number of methoxy groups -OCH3 is 1. The van der Waals surface area contributed by atoms with Crippen molar-refractivity contribution in [2.24, 2.45) is 0 Å².